The van der Waals surface area contributed by atoms with Gasteiger partial charge in [0, 0.05) is 8.04 Å². The van der Waals surface area contributed by atoms with Gasteiger partial charge in [0.15, 0.2) is 0 Å². The van der Waals surface area contributed by atoms with Crippen LogP contribution in [-0.4, -0.2) is 12.6 Å². The average molecular weight is 369 g/mol. The van der Waals surface area contributed by atoms with Gasteiger partial charge in [0.05, 0.1) is 13.0 Å². The minimum atomic E-state index is -0.173. The smallest absolute Gasteiger partial charge is 0.310 e. The number of hydrogen-bond acceptors (Lipinski definition) is 2. The third kappa shape index (κ3) is 3.57. The van der Waals surface area contributed by atoms with Crippen molar-refractivity contribution in [3.05, 3.63) is 31.8 Å². The first-order valence-electron chi connectivity index (χ1n) is 4.23. The summed E-state index contributed by atoms with van der Waals surface area (Å²) in [5.74, 6) is -0.173. The maximum Gasteiger partial charge on any atom is 0.310 e. The molecule has 0 aliphatic rings. The molecule has 0 radical (unpaired) electrons. The summed E-state index contributed by atoms with van der Waals surface area (Å²) in [4.78, 5) is 11.2. The van der Waals surface area contributed by atoms with E-state index in [0.717, 1.165) is 13.6 Å². The third-order valence-corrected chi connectivity index (χ3v) is 3.15. The highest BCUT2D eigenvalue weighted by molar-refractivity contribution is 14.1. The number of halogens is 2. The minimum Gasteiger partial charge on any atom is -0.466 e. The normalized spacial score (nSPS) is 9.93. The van der Waals surface area contributed by atoms with Gasteiger partial charge in [-0.15, -0.1) is 0 Å². The molecule has 0 atom stereocenters. The van der Waals surface area contributed by atoms with Crippen molar-refractivity contribution in [2.24, 2.45) is 0 Å². The zero-order valence-electron chi connectivity index (χ0n) is 7.72. The molecule has 0 unspecified atom stereocenters. The second kappa shape index (κ2) is 5.70. The first-order chi connectivity index (χ1) is 6.63. The first kappa shape index (κ1) is 12.0. The number of hydrogen-bond donors (Lipinski definition) is 0. The van der Waals surface area contributed by atoms with Crippen molar-refractivity contribution in [3.8, 4) is 0 Å². The van der Waals surface area contributed by atoms with Gasteiger partial charge in [0.1, 0.15) is 0 Å². The highest BCUT2D eigenvalue weighted by Gasteiger charge is 2.07. The van der Waals surface area contributed by atoms with E-state index in [0.29, 0.717) is 13.0 Å². The third-order valence-electron chi connectivity index (χ3n) is 1.66. The fourth-order valence-electron chi connectivity index (χ4n) is 1.03. The minimum absolute atomic E-state index is 0.173. The largest absolute Gasteiger partial charge is 0.466 e. The summed E-state index contributed by atoms with van der Waals surface area (Å²) < 4.78 is 6.97. The van der Waals surface area contributed by atoms with Crippen LogP contribution in [0.3, 0.4) is 0 Å². The van der Waals surface area contributed by atoms with Crippen molar-refractivity contribution in [1.82, 2.24) is 0 Å². The molecule has 0 spiro atoms. The first-order valence-corrected chi connectivity index (χ1v) is 6.10. The van der Waals surface area contributed by atoms with E-state index in [1.165, 1.54) is 0 Å². The Kier molecular flexibility index (Phi) is 4.88. The van der Waals surface area contributed by atoms with Crippen LogP contribution < -0.4 is 0 Å². The summed E-state index contributed by atoms with van der Waals surface area (Å²) in [6, 6.07) is 5.84. The van der Waals surface area contributed by atoms with E-state index in [-0.39, 0.29) is 5.97 Å². The standard InChI is InChI=1S/C10H10BrIO2/c1-2-14-10(13)5-7-3-4-8(11)6-9(7)12/h3-4,6H,2,5H2,1H3. The maximum absolute atomic E-state index is 11.2. The van der Waals surface area contributed by atoms with Gasteiger partial charge in [0.25, 0.3) is 0 Å². The van der Waals surface area contributed by atoms with Crippen LogP contribution in [0.4, 0.5) is 0 Å². The van der Waals surface area contributed by atoms with Gasteiger partial charge in [-0.3, -0.25) is 4.79 Å². The Morgan fingerprint density at radius 1 is 1.57 bits per heavy atom. The van der Waals surface area contributed by atoms with Crippen LogP contribution >= 0.6 is 38.5 Å². The highest BCUT2D eigenvalue weighted by atomic mass is 127. The number of esters is 1. The quantitative estimate of drug-likeness (QED) is 0.605. The van der Waals surface area contributed by atoms with Crippen molar-refractivity contribution in [3.63, 3.8) is 0 Å². The molecular weight excluding hydrogens is 359 g/mol. The fourth-order valence-corrected chi connectivity index (χ4v) is 2.53. The number of ether oxygens (including phenoxy) is 1. The van der Waals surface area contributed by atoms with Crippen molar-refractivity contribution < 1.29 is 9.53 Å². The summed E-state index contributed by atoms with van der Waals surface area (Å²) >= 11 is 5.58. The zero-order chi connectivity index (χ0) is 10.6. The van der Waals surface area contributed by atoms with Crippen LogP contribution in [0.15, 0.2) is 22.7 Å². The Labute approximate surface area is 105 Å². The molecular formula is C10H10BrIO2. The molecule has 76 valence electrons. The van der Waals surface area contributed by atoms with Crippen LogP contribution in [0.5, 0.6) is 0 Å². The molecule has 0 aliphatic carbocycles. The van der Waals surface area contributed by atoms with Crippen LogP contribution in [-0.2, 0) is 16.0 Å². The Morgan fingerprint density at radius 2 is 2.29 bits per heavy atom. The summed E-state index contributed by atoms with van der Waals surface area (Å²) in [5, 5.41) is 0. The zero-order valence-corrected chi connectivity index (χ0v) is 11.5. The maximum atomic E-state index is 11.2. The summed E-state index contributed by atoms with van der Waals surface area (Å²) in [7, 11) is 0. The average Bonchev–Trinajstić information content (AvgIpc) is 2.10. The van der Waals surface area contributed by atoms with Crippen molar-refractivity contribution in [1.29, 1.82) is 0 Å². The molecule has 1 rings (SSSR count). The van der Waals surface area contributed by atoms with E-state index in [1.807, 2.05) is 25.1 Å². The van der Waals surface area contributed by atoms with Gasteiger partial charge < -0.3 is 4.74 Å². The molecule has 0 saturated carbocycles. The number of rotatable bonds is 3. The molecule has 14 heavy (non-hydrogen) atoms. The number of carbonyl (C=O) groups is 1. The van der Waals surface area contributed by atoms with Crippen LogP contribution in [0.2, 0.25) is 0 Å². The highest BCUT2D eigenvalue weighted by Crippen LogP contribution is 2.19. The van der Waals surface area contributed by atoms with Gasteiger partial charge in [0.2, 0.25) is 0 Å². The van der Waals surface area contributed by atoms with Crippen LogP contribution in [0, 0.1) is 3.57 Å². The van der Waals surface area contributed by atoms with E-state index < -0.39 is 0 Å². The topological polar surface area (TPSA) is 26.3 Å². The van der Waals surface area contributed by atoms with Crippen molar-refractivity contribution in [2.45, 2.75) is 13.3 Å². The molecule has 1 aromatic carbocycles. The van der Waals surface area contributed by atoms with Gasteiger partial charge >= 0.3 is 5.97 Å². The Hall–Kier alpha value is -0.100. The van der Waals surface area contributed by atoms with Gasteiger partial charge in [-0.1, -0.05) is 22.0 Å². The predicted molar refractivity (Wildman–Crippen MR) is 67.2 cm³/mol. The van der Waals surface area contributed by atoms with Gasteiger partial charge in [-0.2, -0.15) is 0 Å². The lowest BCUT2D eigenvalue weighted by atomic mass is 10.2. The van der Waals surface area contributed by atoms with E-state index >= 15 is 0 Å². The van der Waals surface area contributed by atoms with E-state index in [2.05, 4.69) is 38.5 Å². The monoisotopic (exact) mass is 368 g/mol. The predicted octanol–water partition coefficient (Wildman–Crippen LogP) is 3.16. The second-order valence-corrected chi connectivity index (χ2v) is 4.80. The Balaban J connectivity index is 2.72. The second-order valence-electron chi connectivity index (χ2n) is 2.72. The summed E-state index contributed by atoms with van der Waals surface area (Å²) in [6.45, 7) is 2.25. The fraction of sp³-hybridized carbons (Fsp3) is 0.300. The summed E-state index contributed by atoms with van der Waals surface area (Å²) in [5.41, 5.74) is 1.01. The van der Waals surface area contributed by atoms with Gasteiger partial charge in [-0.05, 0) is 47.2 Å². The molecule has 0 amide bonds. The van der Waals surface area contributed by atoms with Gasteiger partial charge in [-0.25, -0.2) is 0 Å². The lowest BCUT2D eigenvalue weighted by Gasteiger charge is -2.04. The summed E-state index contributed by atoms with van der Waals surface area (Å²) in [6.07, 6.45) is 0.347. The molecule has 0 heterocycles. The lowest BCUT2D eigenvalue weighted by molar-refractivity contribution is -0.142. The number of carbonyl (C=O) groups excluding carboxylic acids is 1. The van der Waals surface area contributed by atoms with E-state index in [4.69, 9.17) is 4.74 Å². The van der Waals surface area contributed by atoms with Crippen LogP contribution in [0.1, 0.15) is 12.5 Å². The number of benzene rings is 1. The van der Waals surface area contributed by atoms with Crippen molar-refractivity contribution in [2.75, 3.05) is 6.61 Å². The molecule has 0 saturated heterocycles. The van der Waals surface area contributed by atoms with E-state index in [1.54, 1.807) is 0 Å². The van der Waals surface area contributed by atoms with Crippen molar-refractivity contribution >= 4 is 44.5 Å². The Bertz CT molecular complexity index is 339. The van der Waals surface area contributed by atoms with Crippen LogP contribution in [0.25, 0.3) is 0 Å². The molecule has 0 fully saturated rings. The molecule has 0 N–H and O–H groups in total. The molecule has 4 heteroatoms. The lowest BCUT2D eigenvalue weighted by Crippen LogP contribution is -2.08. The van der Waals surface area contributed by atoms with E-state index in [9.17, 15) is 4.79 Å². The molecule has 0 aromatic heterocycles. The SMILES string of the molecule is CCOC(=O)Cc1ccc(Br)cc1I. The molecule has 2 nitrogen and oxygen atoms in total. The molecule has 1 aromatic rings. The molecule has 0 bridgehead atoms. The Morgan fingerprint density at radius 3 is 2.86 bits per heavy atom. The molecule has 0 aliphatic heterocycles.